The fraction of sp³-hybridized carbons (Fsp3) is 0.944. The predicted octanol–water partition coefficient (Wildman–Crippen LogP) is 2.16. The predicted molar refractivity (Wildman–Crippen MR) is 94.7 cm³/mol. The Balaban J connectivity index is 1.84. The molecule has 1 unspecified atom stereocenters. The number of aliphatic imine (C=N–C) groups is 1. The van der Waals surface area contributed by atoms with Crippen LogP contribution in [0.5, 0.6) is 0 Å². The number of aliphatic hydroxyl groups is 1. The molecule has 0 radical (unpaired) electrons. The largest absolute Gasteiger partial charge is 0.396 e. The molecular weight excluding hydrogens is 290 g/mol. The summed E-state index contributed by atoms with van der Waals surface area (Å²) in [5, 5.41) is 16.2. The first-order valence-corrected chi connectivity index (χ1v) is 9.38. The Kier molecular flexibility index (Phi) is 7.63. The Labute approximate surface area is 141 Å². The number of rotatable bonds is 7. The number of aliphatic hydroxyl groups excluding tert-OH is 1. The molecule has 1 heterocycles. The van der Waals surface area contributed by atoms with Gasteiger partial charge in [0.05, 0.1) is 13.2 Å². The third kappa shape index (κ3) is 5.96. The summed E-state index contributed by atoms with van der Waals surface area (Å²) in [6.45, 7) is 8.80. The standard InChI is InChI=1S/C18H35N3O2/c1-3-19-17(20-12-16-6-4-15(2)5-7-16)21-13-18(8-10-22)9-11-23-14-18/h15-16,22H,3-14H2,1-2H3,(H2,19,20,21). The fourth-order valence-electron chi connectivity index (χ4n) is 3.65. The van der Waals surface area contributed by atoms with Gasteiger partial charge in [-0.25, -0.2) is 0 Å². The maximum atomic E-state index is 9.32. The highest BCUT2D eigenvalue weighted by atomic mass is 16.5. The van der Waals surface area contributed by atoms with Crippen LogP contribution in [0.25, 0.3) is 0 Å². The van der Waals surface area contributed by atoms with Gasteiger partial charge >= 0.3 is 0 Å². The molecule has 1 atom stereocenters. The molecule has 2 rings (SSSR count). The second-order valence-electron chi connectivity index (χ2n) is 7.48. The lowest BCUT2D eigenvalue weighted by Gasteiger charge is -2.27. The third-order valence-electron chi connectivity index (χ3n) is 5.44. The van der Waals surface area contributed by atoms with Gasteiger partial charge in [-0.2, -0.15) is 0 Å². The van der Waals surface area contributed by atoms with E-state index in [0.717, 1.165) is 63.5 Å². The Morgan fingerprint density at radius 2 is 2.04 bits per heavy atom. The molecule has 134 valence electrons. The zero-order chi connectivity index (χ0) is 16.5. The van der Waals surface area contributed by atoms with E-state index in [4.69, 9.17) is 9.73 Å². The quantitative estimate of drug-likeness (QED) is 0.496. The highest BCUT2D eigenvalue weighted by molar-refractivity contribution is 5.79. The summed E-state index contributed by atoms with van der Waals surface area (Å²) in [6.07, 6.45) is 7.15. The number of hydrogen-bond acceptors (Lipinski definition) is 3. The lowest BCUT2D eigenvalue weighted by Crippen LogP contribution is -2.41. The van der Waals surface area contributed by atoms with Crippen molar-refractivity contribution in [2.45, 2.75) is 52.4 Å². The molecule has 0 aromatic carbocycles. The van der Waals surface area contributed by atoms with Crippen molar-refractivity contribution in [2.24, 2.45) is 22.2 Å². The van der Waals surface area contributed by atoms with E-state index in [0.29, 0.717) is 0 Å². The molecular formula is C18H35N3O2. The van der Waals surface area contributed by atoms with Crippen LogP contribution in [0.2, 0.25) is 0 Å². The maximum absolute atomic E-state index is 9.32. The van der Waals surface area contributed by atoms with E-state index in [2.05, 4.69) is 24.5 Å². The molecule has 5 heteroatoms. The molecule has 1 aliphatic carbocycles. The van der Waals surface area contributed by atoms with Gasteiger partial charge in [-0.15, -0.1) is 0 Å². The normalized spacial score (nSPS) is 32.0. The van der Waals surface area contributed by atoms with Gasteiger partial charge in [-0.05, 0) is 44.4 Å². The summed E-state index contributed by atoms with van der Waals surface area (Å²) in [6, 6.07) is 0. The minimum atomic E-state index is 0.0252. The number of ether oxygens (including phenoxy) is 1. The number of hydrogen-bond donors (Lipinski definition) is 3. The molecule has 2 fully saturated rings. The van der Waals surface area contributed by atoms with Crippen LogP contribution in [0.4, 0.5) is 0 Å². The molecule has 0 bridgehead atoms. The van der Waals surface area contributed by atoms with Crippen molar-refractivity contribution in [3.8, 4) is 0 Å². The molecule has 1 saturated heterocycles. The molecule has 0 amide bonds. The fourth-order valence-corrected chi connectivity index (χ4v) is 3.65. The number of guanidine groups is 1. The smallest absolute Gasteiger partial charge is 0.191 e. The van der Waals surface area contributed by atoms with E-state index in [1.807, 2.05) is 0 Å². The molecule has 3 N–H and O–H groups in total. The van der Waals surface area contributed by atoms with Crippen molar-refractivity contribution in [3.05, 3.63) is 0 Å². The molecule has 1 aliphatic heterocycles. The van der Waals surface area contributed by atoms with Crippen LogP contribution in [0.1, 0.15) is 52.4 Å². The SMILES string of the molecule is CCNC(=NCC1(CCO)CCOC1)NCC1CCC(C)CC1. The van der Waals surface area contributed by atoms with Gasteiger partial charge in [0.15, 0.2) is 5.96 Å². The van der Waals surface area contributed by atoms with Crippen LogP contribution in [-0.2, 0) is 4.74 Å². The van der Waals surface area contributed by atoms with Crippen molar-refractivity contribution in [1.29, 1.82) is 0 Å². The minimum Gasteiger partial charge on any atom is -0.396 e. The Morgan fingerprint density at radius 3 is 2.65 bits per heavy atom. The zero-order valence-electron chi connectivity index (χ0n) is 14.9. The second kappa shape index (κ2) is 9.48. The van der Waals surface area contributed by atoms with Crippen LogP contribution >= 0.6 is 0 Å². The van der Waals surface area contributed by atoms with Gasteiger partial charge in [-0.3, -0.25) is 4.99 Å². The van der Waals surface area contributed by atoms with E-state index in [9.17, 15) is 5.11 Å². The number of nitrogens with zero attached hydrogens (tertiary/aromatic N) is 1. The van der Waals surface area contributed by atoms with E-state index >= 15 is 0 Å². The third-order valence-corrected chi connectivity index (χ3v) is 5.44. The van der Waals surface area contributed by atoms with Crippen LogP contribution in [-0.4, -0.2) is 50.5 Å². The molecule has 23 heavy (non-hydrogen) atoms. The first-order chi connectivity index (χ1) is 11.2. The van der Waals surface area contributed by atoms with Crippen molar-refractivity contribution < 1.29 is 9.84 Å². The van der Waals surface area contributed by atoms with Gasteiger partial charge < -0.3 is 20.5 Å². The lowest BCUT2D eigenvalue weighted by atomic mass is 9.83. The summed E-state index contributed by atoms with van der Waals surface area (Å²) in [5.41, 5.74) is 0.0252. The summed E-state index contributed by atoms with van der Waals surface area (Å²) in [5.74, 6) is 2.58. The topological polar surface area (TPSA) is 65.9 Å². The first-order valence-electron chi connectivity index (χ1n) is 9.38. The van der Waals surface area contributed by atoms with E-state index < -0.39 is 0 Å². The molecule has 2 aliphatic rings. The molecule has 0 spiro atoms. The summed E-state index contributed by atoms with van der Waals surface area (Å²) >= 11 is 0. The summed E-state index contributed by atoms with van der Waals surface area (Å²) in [7, 11) is 0. The van der Waals surface area contributed by atoms with Crippen LogP contribution < -0.4 is 10.6 Å². The van der Waals surface area contributed by atoms with Gasteiger partial charge in [-0.1, -0.05) is 19.8 Å². The molecule has 0 aromatic rings. The average Bonchev–Trinajstić information content (AvgIpc) is 3.01. The molecule has 5 nitrogen and oxygen atoms in total. The van der Waals surface area contributed by atoms with E-state index in [-0.39, 0.29) is 12.0 Å². The van der Waals surface area contributed by atoms with Gasteiger partial charge in [0.1, 0.15) is 0 Å². The van der Waals surface area contributed by atoms with E-state index in [1.165, 1.54) is 25.7 Å². The Morgan fingerprint density at radius 1 is 1.26 bits per heavy atom. The Bertz CT molecular complexity index is 359. The van der Waals surface area contributed by atoms with Gasteiger partial charge in [0.25, 0.3) is 0 Å². The average molecular weight is 325 g/mol. The van der Waals surface area contributed by atoms with Gasteiger partial charge in [0.2, 0.25) is 0 Å². The second-order valence-corrected chi connectivity index (χ2v) is 7.48. The monoisotopic (exact) mass is 325 g/mol. The summed E-state index contributed by atoms with van der Waals surface area (Å²) in [4.78, 5) is 4.79. The van der Waals surface area contributed by atoms with Crippen molar-refractivity contribution >= 4 is 5.96 Å². The summed E-state index contributed by atoms with van der Waals surface area (Å²) < 4.78 is 5.55. The Hall–Kier alpha value is -0.810. The highest BCUT2D eigenvalue weighted by Crippen LogP contribution is 2.32. The molecule has 0 aromatic heterocycles. The van der Waals surface area contributed by atoms with Crippen molar-refractivity contribution in [2.75, 3.05) is 39.5 Å². The minimum absolute atomic E-state index is 0.0252. The van der Waals surface area contributed by atoms with E-state index in [1.54, 1.807) is 0 Å². The first kappa shape index (κ1) is 18.5. The van der Waals surface area contributed by atoms with Crippen molar-refractivity contribution in [3.63, 3.8) is 0 Å². The van der Waals surface area contributed by atoms with Crippen LogP contribution in [0.3, 0.4) is 0 Å². The molecule has 1 saturated carbocycles. The van der Waals surface area contributed by atoms with Crippen LogP contribution in [0.15, 0.2) is 4.99 Å². The number of nitrogens with one attached hydrogen (secondary N) is 2. The highest BCUT2D eigenvalue weighted by Gasteiger charge is 2.34. The lowest BCUT2D eigenvalue weighted by molar-refractivity contribution is 0.131. The van der Waals surface area contributed by atoms with Gasteiger partial charge in [0, 0.05) is 31.7 Å². The van der Waals surface area contributed by atoms with Crippen molar-refractivity contribution in [1.82, 2.24) is 10.6 Å². The zero-order valence-corrected chi connectivity index (χ0v) is 14.9. The van der Waals surface area contributed by atoms with Crippen LogP contribution in [0, 0.1) is 17.3 Å². The maximum Gasteiger partial charge on any atom is 0.191 e.